The van der Waals surface area contributed by atoms with Gasteiger partial charge in [-0.25, -0.2) is 4.39 Å². The lowest BCUT2D eigenvalue weighted by molar-refractivity contribution is 0.102. The largest absolute Gasteiger partial charge is 0.370 e. The summed E-state index contributed by atoms with van der Waals surface area (Å²) in [5.41, 5.74) is 4.10. The van der Waals surface area contributed by atoms with Gasteiger partial charge >= 0.3 is 0 Å². The highest BCUT2D eigenvalue weighted by atomic mass is 19.1. The fraction of sp³-hybridized carbons (Fsp3) is 0.174. The molecule has 0 radical (unpaired) electrons. The summed E-state index contributed by atoms with van der Waals surface area (Å²) in [6.45, 7) is 2.10. The number of nitrogens with one attached hydrogen (secondary N) is 2. The molecule has 0 saturated carbocycles. The van der Waals surface area contributed by atoms with Gasteiger partial charge in [-0.3, -0.25) is 14.9 Å². The van der Waals surface area contributed by atoms with Crippen molar-refractivity contribution in [2.24, 2.45) is 0 Å². The van der Waals surface area contributed by atoms with Crippen LogP contribution in [0.2, 0.25) is 0 Å². The van der Waals surface area contributed by atoms with E-state index in [9.17, 15) is 9.18 Å². The van der Waals surface area contributed by atoms with Gasteiger partial charge in [0.2, 0.25) is 0 Å². The average Bonchev–Trinajstić information content (AvgIpc) is 3.45. The molecule has 1 fully saturated rings. The highest BCUT2D eigenvalue weighted by Gasteiger charge is 2.17. The molecule has 1 aliphatic heterocycles. The van der Waals surface area contributed by atoms with Crippen LogP contribution < -0.4 is 10.2 Å². The molecule has 4 aromatic rings. The van der Waals surface area contributed by atoms with E-state index in [2.05, 4.69) is 31.5 Å². The number of H-pyrrole nitrogens is 1. The molecule has 0 bridgehead atoms. The van der Waals surface area contributed by atoms with Gasteiger partial charge in [0.15, 0.2) is 5.69 Å². The predicted octanol–water partition coefficient (Wildman–Crippen LogP) is 4.62. The monoisotopic (exact) mass is 401 g/mol. The van der Waals surface area contributed by atoms with Crippen molar-refractivity contribution in [3.63, 3.8) is 0 Å². The van der Waals surface area contributed by atoms with Gasteiger partial charge in [0, 0.05) is 30.2 Å². The SMILES string of the molecule is O=C(Nc1ccccc1F)c1n[nH]c2ccc(-c3cncc(N4CCCC4)c3)cc12. The van der Waals surface area contributed by atoms with Crippen molar-refractivity contribution in [1.82, 2.24) is 15.2 Å². The Balaban J connectivity index is 1.48. The van der Waals surface area contributed by atoms with Crippen LogP contribution in [0.5, 0.6) is 0 Å². The summed E-state index contributed by atoms with van der Waals surface area (Å²) in [5, 5.41) is 10.3. The predicted molar refractivity (Wildman–Crippen MR) is 115 cm³/mol. The molecule has 1 amide bonds. The topological polar surface area (TPSA) is 73.9 Å². The van der Waals surface area contributed by atoms with Gasteiger partial charge in [-0.15, -0.1) is 0 Å². The number of aromatic nitrogens is 3. The lowest BCUT2D eigenvalue weighted by Gasteiger charge is -2.17. The second-order valence-electron chi connectivity index (χ2n) is 7.39. The Bertz CT molecular complexity index is 1230. The minimum Gasteiger partial charge on any atom is -0.370 e. The van der Waals surface area contributed by atoms with Gasteiger partial charge in [0.05, 0.1) is 23.1 Å². The number of benzene rings is 2. The lowest BCUT2D eigenvalue weighted by atomic mass is 10.0. The second-order valence-corrected chi connectivity index (χ2v) is 7.39. The molecule has 1 saturated heterocycles. The molecular formula is C23H20FN5O. The van der Waals surface area contributed by atoms with Gasteiger partial charge in [0.1, 0.15) is 5.82 Å². The van der Waals surface area contributed by atoms with Crippen LogP contribution in [-0.2, 0) is 0 Å². The smallest absolute Gasteiger partial charge is 0.276 e. The Kier molecular flexibility index (Phi) is 4.63. The van der Waals surface area contributed by atoms with Gasteiger partial charge in [-0.2, -0.15) is 5.10 Å². The Morgan fingerprint density at radius 2 is 1.87 bits per heavy atom. The van der Waals surface area contributed by atoms with Gasteiger partial charge in [-0.1, -0.05) is 18.2 Å². The zero-order chi connectivity index (χ0) is 20.5. The number of aromatic amines is 1. The number of pyridine rings is 1. The molecule has 0 unspecified atom stereocenters. The first kappa shape index (κ1) is 18.3. The summed E-state index contributed by atoms with van der Waals surface area (Å²) in [5.74, 6) is -0.955. The fourth-order valence-electron chi connectivity index (χ4n) is 3.84. The molecule has 2 N–H and O–H groups in total. The first-order valence-electron chi connectivity index (χ1n) is 9.93. The summed E-state index contributed by atoms with van der Waals surface area (Å²) in [4.78, 5) is 19.5. The molecule has 30 heavy (non-hydrogen) atoms. The Hall–Kier alpha value is -3.74. The van der Waals surface area contributed by atoms with Crippen LogP contribution in [0.25, 0.3) is 22.0 Å². The van der Waals surface area contributed by atoms with Crippen LogP contribution >= 0.6 is 0 Å². The zero-order valence-electron chi connectivity index (χ0n) is 16.2. The van der Waals surface area contributed by atoms with Gasteiger partial charge in [0.25, 0.3) is 5.91 Å². The van der Waals surface area contributed by atoms with Crippen molar-refractivity contribution in [1.29, 1.82) is 0 Å². The summed E-state index contributed by atoms with van der Waals surface area (Å²) in [7, 11) is 0. The second kappa shape index (κ2) is 7.59. The molecule has 1 aliphatic rings. The van der Waals surface area contributed by atoms with Crippen LogP contribution in [0.1, 0.15) is 23.3 Å². The van der Waals surface area contributed by atoms with E-state index >= 15 is 0 Å². The van der Waals surface area contributed by atoms with Crippen molar-refractivity contribution in [2.75, 3.05) is 23.3 Å². The number of anilines is 2. The van der Waals surface area contributed by atoms with Crippen molar-refractivity contribution < 1.29 is 9.18 Å². The molecule has 3 heterocycles. The van der Waals surface area contributed by atoms with Crippen molar-refractivity contribution in [2.45, 2.75) is 12.8 Å². The maximum atomic E-state index is 13.9. The highest BCUT2D eigenvalue weighted by molar-refractivity contribution is 6.11. The van der Waals surface area contributed by atoms with Crippen molar-refractivity contribution in [3.8, 4) is 11.1 Å². The van der Waals surface area contributed by atoms with E-state index in [-0.39, 0.29) is 11.4 Å². The van der Waals surface area contributed by atoms with E-state index in [4.69, 9.17) is 0 Å². The van der Waals surface area contributed by atoms with Gasteiger partial charge < -0.3 is 10.2 Å². The van der Waals surface area contributed by atoms with Crippen LogP contribution in [0.4, 0.5) is 15.8 Å². The van der Waals surface area contributed by atoms with Gasteiger partial charge in [-0.05, 0) is 48.7 Å². The minimum atomic E-state index is -0.490. The number of carbonyl (C=O) groups is 1. The van der Waals surface area contributed by atoms with Crippen LogP contribution in [0, 0.1) is 5.82 Å². The van der Waals surface area contributed by atoms with E-state index in [1.807, 2.05) is 30.6 Å². The molecule has 0 aliphatic carbocycles. The van der Waals surface area contributed by atoms with Crippen LogP contribution in [-0.4, -0.2) is 34.2 Å². The summed E-state index contributed by atoms with van der Waals surface area (Å²) in [6, 6.07) is 14.0. The number of nitrogens with zero attached hydrogens (tertiary/aromatic N) is 3. The Morgan fingerprint density at radius 1 is 1.03 bits per heavy atom. The Morgan fingerprint density at radius 3 is 2.70 bits per heavy atom. The van der Waals surface area contributed by atoms with E-state index in [1.165, 1.54) is 25.0 Å². The molecule has 5 rings (SSSR count). The third-order valence-electron chi connectivity index (χ3n) is 5.43. The standard InChI is InChI=1S/C23H20FN5O/c24-19-5-1-2-6-21(19)26-23(30)22-18-12-15(7-8-20(18)27-28-22)16-11-17(14-25-13-16)29-9-3-4-10-29/h1-2,5-8,11-14H,3-4,9-10H2,(H,26,30)(H,27,28). The maximum absolute atomic E-state index is 13.9. The van der Waals surface area contributed by atoms with Crippen LogP contribution in [0.3, 0.4) is 0 Å². The zero-order valence-corrected chi connectivity index (χ0v) is 16.2. The highest BCUT2D eigenvalue weighted by Crippen LogP contribution is 2.29. The normalized spacial score (nSPS) is 13.7. The fourth-order valence-corrected chi connectivity index (χ4v) is 3.84. The molecule has 0 spiro atoms. The number of halogens is 1. The molecular weight excluding hydrogens is 381 g/mol. The number of hydrogen-bond donors (Lipinski definition) is 2. The third-order valence-corrected chi connectivity index (χ3v) is 5.43. The number of para-hydroxylation sites is 1. The summed E-state index contributed by atoms with van der Waals surface area (Å²) < 4.78 is 13.9. The molecule has 2 aromatic heterocycles. The number of carbonyl (C=O) groups excluding carboxylic acids is 1. The summed E-state index contributed by atoms with van der Waals surface area (Å²) in [6.07, 6.45) is 6.11. The molecule has 6 nitrogen and oxygen atoms in total. The molecule has 7 heteroatoms. The average molecular weight is 401 g/mol. The summed E-state index contributed by atoms with van der Waals surface area (Å²) >= 11 is 0. The van der Waals surface area contributed by atoms with Crippen LogP contribution in [0.15, 0.2) is 60.9 Å². The van der Waals surface area contributed by atoms with Crippen molar-refractivity contribution in [3.05, 3.63) is 72.4 Å². The van der Waals surface area contributed by atoms with Crippen molar-refractivity contribution >= 4 is 28.2 Å². The molecule has 2 aromatic carbocycles. The quantitative estimate of drug-likeness (QED) is 0.523. The number of amides is 1. The molecule has 0 atom stereocenters. The number of fused-ring (bicyclic) bond motifs is 1. The Labute approximate surface area is 172 Å². The first-order valence-corrected chi connectivity index (χ1v) is 9.93. The lowest BCUT2D eigenvalue weighted by Crippen LogP contribution is -2.17. The van der Waals surface area contributed by atoms with E-state index in [0.717, 1.165) is 35.4 Å². The third kappa shape index (κ3) is 3.39. The minimum absolute atomic E-state index is 0.123. The number of rotatable bonds is 4. The molecule has 150 valence electrons. The number of hydrogen-bond acceptors (Lipinski definition) is 4. The maximum Gasteiger partial charge on any atom is 0.276 e. The first-order chi connectivity index (χ1) is 14.7. The van der Waals surface area contributed by atoms with E-state index in [0.29, 0.717) is 5.39 Å². The van der Waals surface area contributed by atoms with E-state index in [1.54, 1.807) is 12.1 Å². The van der Waals surface area contributed by atoms with E-state index < -0.39 is 11.7 Å².